The van der Waals surface area contributed by atoms with Crippen molar-refractivity contribution in [2.24, 2.45) is 19.2 Å². The number of aromatic nitrogens is 2. The second kappa shape index (κ2) is 4.97. The van der Waals surface area contributed by atoms with E-state index in [0.717, 1.165) is 10.3 Å². The minimum atomic E-state index is -0.418. The molecule has 7 nitrogen and oxygen atoms in total. The zero-order valence-corrected chi connectivity index (χ0v) is 10.9. The van der Waals surface area contributed by atoms with Crippen LogP contribution in [0.4, 0.5) is 5.82 Å². The average molecular weight is 262 g/mol. The van der Waals surface area contributed by atoms with Crippen molar-refractivity contribution in [1.82, 2.24) is 9.13 Å². The van der Waals surface area contributed by atoms with Gasteiger partial charge in [-0.15, -0.1) is 0 Å². The summed E-state index contributed by atoms with van der Waals surface area (Å²) < 4.78 is 7.61. The van der Waals surface area contributed by atoms with E-state index in [2.05, 4.69) is 10.5 Å². The third kappa shape index (κ3) is 2.65. The Morgan fingerprint density at radius 1 is 1.26 bits per heavy atom. The van der Waals surface area contributed by atoms with Crippen LogP contribution < -0.4 is 16.7 Å². The third-order valence-corrected chi connectivity index (χ3v) is 2.66. The van der Waals surface area contributed by atoms with Crippen LogP contribution in [0.2, 0.25) is 0 Å². The van der Waals surface area contributed by atoms with Crippen LogP contribution in [-0.2, 0) is 14.1 Å². The molecule has 0 aliphatic rings. The Morgan fingerprint density at radius 2 is 2.00 bits per heavy atom. The minimum absolute atomic E-state index is 0.313. The molecule has 7 heteroatoms. The fraction of sp³-hybridized carbons (Fsp3) is 0.250. The maximum atomic E-state index is 11.7. The highest BCUT2D eigenvalue weighted by molar-refractivity contribution is 5.76. The van der Waals surface area contributed by atoms with Gasteiger partial charge >= 0.3 is 5.69 Å². The summed E-state index contributed by atoms with van der Waals surface area (Å²) in [6.45, 7) is 1.83. The van der Waals surface area contributed by atoms with E-state index in [1.54, 1.807) is 13.1 Å². The van der Waals surface area contributed by atoms with Gasteiger partial charge in [0, 0.05) is 20.2 Å². The number of anilines is 1. The molecule has 0 aliphatic heterocycles. The Kier molecular flexibility index (Phi) is 3.37. The molecule has 0 fully saturated rings. The Morgan fingerprint density at radius 3 is 2.63 bits per heavy atom. The van der Waals surface area contributed by atoms with Gasteiger partial charge in [-0.3, -0.25) is 19.4 Å². The van der Waals surface area contributed by atoms with Crippen molar-refractivity contribution in [3.63, 3.8) is 0 Å². The van der Waals surface area contributed by atoms with Gasteiger partial charge in [0.25, 0.3) is 5.56 Å². The van der Waals surface area contributed by atoms with E-state index in [-0.39, 0.29) is 0 Å². The highest BCUT2D eigenvalue weighted by atomic mass is 16.3. The van der Waals surface area contributed by atoms with Crippen molar-refractivity contribution < 1.29 is 4.42 Å². The number of furan rings is 1. The predicted octanol–water partition coefficient (Wildman–Crippen LogP) is 0.431. The molecule has 2 aromatic heterocycles. The molecule has 0 atom stereocenters. The van der Waals surface area contributed by atoms with Gasteiger partial charge in [0.2, 0.25) is 0 Å². The molecule has 19 heavy (non-hydrogen) atoms. The summed E-state index contributed by atoms with van der Waals surface area (Å²) in [5.41, 5.74) is 1.83. The van der Waals surface area contributed by atoms with Crippen LogP contribution in [0, 0.1) is 6.92 Å². The Bertz CT molecular complexity index is 736. The molecule has 100 valence electrons. The number of hydrazone groups is 1. The van der Waals surface area contributed by atoms with Crippen molar-refractivity contribution in [3.8, 4) is 0 Å². The van der Waals surface area contributed by atoms with Crippen molar-refractivity contribution in [2.45, 2.75) is 6.92 Å². The molecule has 0 aliphatic carbocycles. The van der Waals surface area contributed by atoms with Crippen LogP contribution in [0.5, 0.6) is 0 Å². The van der Waals surface area contributed by atoms with Crippen LogP contribution in [0.15, 0.2) is 37.3 Å². The molecule has 1 N–H and O–H groups in total. The lowest BCUT2D eigenvalue weighted by molar-refractivity contribution is 0.528. The van der Waals surface area contributed by atoms with Crippen LogP contribution >= 0.6 is 0 Å². The van der Waals surface area contributed by atoms with E-state index in [4.69, 9.17) is 4.42 Å². The van der Waals surface area contributed by atoms with Gasteiger partial charge < -0.3 is 4.42 Å². The quantitative estimate of drug-likeness (QED) is 0.642. The summed E-state index contributed by atoms with van der Waals surface area (Å²) in [5, 5.41) is 3.92. The van der Waals surface area contributed by atoms with Gasteiger partial charge in [0.05, 0.1) is 6.21 Å². The zero-order chi connectivity index (χ0) is 14.0. The average Bonchev–Trinajstić information content (AvgIpc) is 2.79. The molecule has 0 bridgehead atoms. The van der Waals surface area contributed by atoms with E-state index in [0.29, 0.717) is 11.6 Å². The van der Waals surface area contributed by atoms with Crippen molar-refractivity contribution in [3.05, 3.63) is 50.6 Å². The highest BCUT2D eigenvalue weighted by Crippen LogP contribution is 2.03. The first-order chi connectivity index (χ1) is 8.99. The van der Waals surface area contributed by atoms with Gasteiger partial charge in [0.1, 0.15) is 17.3 Å². The summed E-state index contributed by atoms with van der Waals surface area (Å²) in [5.74, 6) is 1.67. The van der Waals surface area contributed by atoms with E-state index in [1.165, 1.54) is 23.9 Å². The molecule has 2 heterocycles. The fourth-order valence-corrected chi connectivity index (χ4v) is 1.53. The van der Waals surface area contributed by atoms with Crippen molar-refractivity contribution >= 4 is 12.0 Å². The van der Waals surface area contributed by atoms with E-state index >= 15 is 0 Å². The molecular formula is C12H14N4O3. The minimum Gasteiger partial charge on any atom is -0.460 e. The lowest BCUT2D eigenvalue weighted by Gasteiger charge is -2.07. The number of rotatable bonds is 3. The summed E-state index contributed by atoms with van der Waals surface area (Å²) in [6.07, 6.45) is 1.47. The van der Waals surface area contributed by atoms with Crippen LogP contribution in [0.25, 0.3) is 0 Å². The summed E-state index contributed by atoms with van der Waals surface area (Å²) in [4.78, 5) is 23.2. The Balaban J connectivity index is 2.23. The second-order valence-electron chi connectivity index (χ2n) is 4.09. The number of hydrogen-bond donors (Lipinski definition) is 1. The maximum Gasteiger partial charge on any atom is 0.332 e. The number of hydrogen-bond acceptors (Lipinski definition) is 5. The SMILES string of the molecule is Cc1ccc(/C=N/Nc2cc(=O)n(C)c(=O)n2C)o1. The van der Waals surface area contributed by atoms with Gasteiger partial charge in [-0.2, -0.15) is 5.10 Å². The standard InChI is InChI=1S/C12H14N4O3/c1-8-4-5-9(19-8)7-13-14-10-6-11(17)16(3)12(18)15(10)2/h4-7,14H,1-3H3/b13-7+. The summed E-state index contributed by atoms with van der Waals surface area (Å²) in [7, 11) is 2.97. The number of aryl methyl sites for hydroxylation is 1. The first-order valence-corrected chi connectivity index (χ1v) is 5.61. The molecule has 0 saturated heterocycles. The molecule has 0 aromatic carbocycles. The molecule has 0 spiro atoms. The number of nitrogens with one attached hydrogen (secondary N) is 1. The van der Waals surface area contributed by atoms with Gasteiger partial charge in [-0.25, -0.2) is 4.79 Å². The zero-order valence-electron chi connectivity index (χ0n) is 10.9. The Hall–Kier alpha value is -2.57. The second-order valence-corrected chi connectivity index (χ2v) is 4.09. The van der Waals surface area contributed by atoms with Crippen molar-refractivity contribution in [1.29, 1.82) is 0 Å². The van der Waals surface area contributed by atoms with Crippen LogP contribution in [-0.4, -0.2) is 15.3 Å². The Labute approximate surface area is 108 Å². The molecule has 2 aromatic rings. The van der Waals surface area contributed by atoms with Gasteiger partial charge in [-0.05, 0) is 19.1 Å². The largest absolute Gasteiger partial charge is 0.460 e. The topological polar surface area (TPSA) is 81.5 Å². The third-order valence-electron chi connectivity index (χ3n) is 2.66. The van der Waals surface area contributed by atoms with Crippen molar-refractivity contribution in [2.75, 3.05) is 5.43 Å². The van der Waals surface area contributed by atoms with Crippen LogP contribution in [0.1, 0.15) is 11.5 Å². The lowest BCUT2D eigenvalue weighted by atomic mass is 10.4. The smallest absolute Gasteiger partial charge is 0.332 e. The normalized spacial score (nSPS) is 11.1. The van der Waals surface area contributed by atoms with Gasteiger partial charge in [0.15, 0.2) is 0 Å². The fourth-order valence-electron chi connectivity index (χ4n) is 1.53. The van der Waals surface area contributed by atoms with E-state index in [1.807, 2.05) is 13.0 Å². The molecule has 0 radical (unpaired) electrons. The lowest BCUT2D eigenvalue weighted by Crippen LogP contribution is -2.37. The van der Waals surface area contributed by atoms with E-state index in [9.17, 15) is 9.59 Å². The molecule has 0 saturated carbocycles. The van der Waals surface area contributed by atoms with E-state index < -0.39 is 11.2 Å². The van der Waals surface area contributed by atoms with Crippen LogP contribution in [0.3, 0.4) is 0 Å². The summed E-state index contributed by atoms with van der Waals surface area (Å²) in [6, 6.07) is 4.88. The monoisotopic (exact) mass is 262 g/mol. The first kappa shape index (κ1) is 12.9. The summed E-state index contributed by atoms with van der Waals surface area (Å²) >= 11 is 0. The molecule has 2 rings (SSSR count). The predicted molar refractivity (Wildman–Crippen MR) is 71.6 cm³/mol. The first-order valence-electron chi connectivity index (χ1n) is 5.61. The highest BCUT2D eigenvalue weighted by Gasteiger charge is 2.04. The molecule has 0 unspecified atom stereocenters. The molecule has 0 amide bonds. The van der Waals surface area contributed by atoms with Gasteiger partial charge in [-0.1, -0.05) is 0 Å². The number of nitrogens with zero attached hydrogens (tertiary/aromatic N) is 3. The molecular weight excluding hydrogens is 248 g/mol. The maximum absolute atomic E-state index is 11.7.